The average Bonchev–Trinajstić information content (AvgIpc) is 2.94. The van der Waals surface area contributed by atoms with Gasteiger partial charge in [-0.25, -0.2) is 0 Å². The molecule has 1 aliphatic heterocycles. The molecule has 0 aromatic heterocycles. The normalized spacial score (nSPS) is 15.2. The van der Waals surface area contributed by atoms with Crippen molar-refractivity contribution >= 4 is 23.2 Å². The molecule has 0 saturated heterocycles. The van der Waals surface area contributed by atoms with Crippen molar-refractivity contribution in [1.29, 1.82) is 0 Å². The zero-order chi connectivity index (χ0) is 26.8. The Hall–Kier alpha value is -3.10. The Morgan fingerprint density at radius 3 is 2.41 bits per heavy atom. The Labute approximate surface area is 221 Å². The van der Waals surface area contributed by atoms with Crippen LogP contribution < -0.4 is 14.5 Å². The van der Waals surface area contributed by atoms with E-state index in [0.29, 0.717) is 38.6 Å². The number of methoxy groups -OCH3 is 2. The molecule has 1 aliphatic rings. The molecule has 0 radical (unpaired) electrons. The maximum absolute atomic E-state index is 13.6. The summed E-state index contributed by atoms with van der Waals surface area (Å²) < 4.78 is 10.7. The van der Waals surface area contributed by atoms with Crippen molar-refractivity contribution < 1.29 is 19.1 Å². The molecular weight excluding hydrogens is 468 g/mol. The predicted molar refractivity (Wildman–Crippen MR) is 148 cm³/mol. The SMILES string of the molecule is COCC(=O)N1CCCN(C(C)C)CCN(C(=O)CCN(C)c2ccccc2OC)Cc2ccccc21. The summed E-state index contributed by atoms with van der Waals surface area (Å²) in [6.07, 6.45) is 1.23. The number of para-hydroxylation sites is 3. The number of hydrogen-bond acceptors (Lipinski definition) is 6. The molecule has 8 heteroatoms. The van der Waals surface area contributed by atoms with Gasteiger partial charge in [0.05, 0.1) is 12.8 Å². The van der Waals surface area contributed by atoms with Gasteiger partial charge in [0, 0.05) is 71.6 Å². The molecule has 0 fully saturated rings. The van der Waals surface area contributed by atoms with E-state index in [0.717, 1.165) is 42.2 Å². The lowest BCUT2D eigenvalue weighted by Gasteiger charge is -2.30. The van der Waals surface area contributed by atoms with Gasteiger partial charge in [0.2, 0.25) is 5.91 Å². The number of rotatable bonds is 8. The summed E-state index contributed by atoms with van der Waals surface area (Å²) in [5.41, 5.74) is 2.78. The van der Waals surface area contributed by atoms with E-state index in [-0.39, 0.29) is 18.4 Å². The molecule has 8 nitrogen and oxygen atoms in total. The highest BCUT2D eigenvalue weighted by Crippen LogP contribution is 2.27. The molecule has 2 amide bonds. The Balaban J connectivity index is 1.83. The maximum atomic E-state index is 13.6. The lowest BCUT2D eigenvalue weighted by Crippen LogP contribution is -2.42. The minimum absolute atomic E-state index is 0.0279. The quantitative estimate of drug-likeness (QED) is 0.540. The van der Waals surface area contributed by atoms with Crippen molar-refractivity contribution in [3.63, 3.8) is 0 Å². The second kappa shape index (κ2) is 14.0. The van der Waals surface area contributed by atoms with Crippen LogP contribution in [0.15, 0.2) is 48.5 Å². The number of amides is 2. The van der Waals surface area contributed by atoms with Crippen molar-refractivity contribution in [2.24, 2.45) is 0 Å². The van der Waals surface area contributed by atoms with Crippen LogP contribution in [0.3, 0.4) is 0 Å². The van der Waals surface area contributed by atoms with E-state index in [1.807, 2.05) is 65.4 Å². The van der Waals surface area contributed by atoms with Crippen LogP contribution in [0, 0.1) is 0 Å². The van der Waals surface area contributed by atoms with E-state index in [1.54, 1.807) is 14.2 Å². The van der Waals surface area contributed by atoms with E-state index < -0.39 is 0 Å². The van der Waals surface area contributed by atoms with Crippen LogP contribution in [0.4, 0.5) is 11.4 Å². The van der Waals surface area contributed by atoms with Crippen LogP contribution in [-0.4, -0.2) is 88.3 Å². The van der Waals surface area contributed by atoms with Crippen molar-refractivity contribution in [2.45, 2.75) is 39.3 Å². The summed E-state index contributed by atoms with van der Waals surface area (Å²) in [5, 5.41) is 0. The third-order valence-corrected chi connectivity index (χ3v) is 6.94. The first kappa shape index (κ1) is 28.5. The topological polar surface area (TPSA) is 65.6 Å². The summed E-state index contributed by atoms with van der Waals surface area (Å²) >= 11 is 0. The number of nitrogens with zero attached hydrogens (tertiary/aromatic N) is 4. The molecule has 0 aliphatic carbocycles. The highest BCUT2D eigenvalue weighted by molar-refractivity contribution is 5.95. The number of benzene rings is 2. The van der Waals surface area contributed by atoms with Crippen LogP contribution in [0.5, 0.6) is 5.75 Å². The fourth-order valence-corrected chi connectivity index (χ4v) is 4.78. The molecule has 0 atom stereocenters. The van der Waals surface area contributed by atoms with E-state index in [1.165, 1.54) is 0 Å². The van der Waals surface area contributed by atoms with Gasteiger partial charge in [-0.3, -0.25) is 14.5 Å². The minimum Gasteiger partial charge on any atom is -0.495 e. The maximum Gasteiger partial charge on any atom is 0.252 e. The van der Waals surface area contributed by atoms with E-state index in [9.17, 15) is 9.59 Å². The monoisotopic (exact) mass is 510 g/mol. The number of hydrogen-bond donors (Lipinski definition) is 0. The molecule has 3 rings (SSSR count). The van der Waals surface area contributed by atoms with Gasteiger partial charge in [0.15, 0.2) is 0 Å². The van der Waals surface area contributed by atoms with Crippen LogP contribution in [0.2, 0.25) is 0 Å². The smallest absolute Gasteiger partial charge is 0.252 e. The molecule has 1 heterocycles. The first-order valence-corrected chi connectivity index (χ1v) is 13.1. The third kappa shape index (κ3) is 7.69. The van der Waals surface area contributed by atoms with Gasteiger partial charge in [-0.05, 0) is 44.0 Å². The van der Waals surface area contributed by atoms with Gasteiger partial charge in [0.1, 0.15) is 12.4 Å². The molecule has 0 spiro atoms. The Morgan fingerprint density at radius 2 is 1.68 bits per heavy atom. The zero-order valence-corrected chi connectivity index (χ0v) is 23.0. The summed E-state index contributed by atoms with van der Waals surface area (Å²) in [4.78, 5) is 34.8. The second-order valence-corrected chi connectivity index (χ2v) is 9.75. The first-order chi connectivity index (χ1) is 17.8. The van der Waals surface area contributed by atoms with E-state index in [4.69, 9.17) is 9.47 Å². The van der Waals surface area contributed by atoms with Crippen molar-refractivity contribution in [3.8, 4) is 5.75 Å². The standard InChI is InChI=1S/C29H42N4O4/c1-23(2)31-16-10-17-33(29(35)22-36-4)25-12-7-6-11-24(25)21-32(20-19-31)28(34)15-18-30(3)26-13-8-9-14-27(26)37-5/h6-9,11-14,23H,10,15-22H2,1-5H3. The van der Waals surface area contributed by atoms with Crippen LogP contribution in [0.25, 0.3) is 0 Å². The summed E-state index contributed by atoms with van der Waals surface area (Å²) in [5.74, 6) is 0.811. The molecule has 0 saturated carbocycles. The molecule has 202 valence electrons. The number of anilines is 2. The summed E-state index contributed by atoms with van der Waals surface area (Å²) in [6, 6.07) is 16.1. The van der Waals surface area contributed by atoms with E-state index >= 15 is 0 Å². The Morgan fingerprint density at radius 1 is 0.946 bits per heavy atom. The van der Waals surface area contributed by atoms with Crippen molar-refractivity contribution in [1.82, 2.24) is 9.80 Å². The lowest BCUT2D eigenvalue weighted by molar-refractivity contribution is -0.132. The van der Waals surface area contributed by atoms with Crippen LogP contribution >= 0.6 is 0 Å². The molecular formula is C29H42N4O4. The lowest BCUT2D eigenvalue weighted by atomic mass is 10.1. The predicted octanol–water partition coefficient (Wildman–Crippen LogP) is 3.64. The minimum atomic E-state index is -0.0680. The van der Waals surface area contributed by atoms with Crippen molar-refractivity contribution in [2.75, 3.05) is 70.4 Å². The fourth-order valence-electron chi connectivity index (χ4n) is 4.78. The average molecular weight is 511 g/mol. The molecule has 0 unspecified atom stereocenters. The fraction of sp³-hybridized carbons (Fsp3) is 0.517. The number of carbonyl (C=O) groups excluding carboxylic acids is 2. The Bertz CT molecular complexity index is 1030. The molecule has 2 aromatic rings. The highest BCUT2D eigenvalue weighted by Gasteiger charge is 2.24. The first-order valence-electron chi connectivity index (χ1n) is 13.1. The number of carbonyl (C=O) groups is 2. The van der Waals surface area contributed by atoms with Crippen molar-refractivity contribution in [3.05, 3.63) is 54.1 Å². The van der Waals surface area contributed by atoms with Crippen LogP contribution in [0.1, 0.15) is 32.3 Å². The molecule has 2 aromatic carbocycles. The molecule has 0 bridgehead atoms. The Kier molecular flexibility index (Phi) is 10.8. The third-order valence-electron chi connectivity index (χ3n) is 6.94. The zero-order valence-electron chi connectivity index (χ0n) is 23.0. The largest absolute Gasteiger partial charge is 0.495 e. The highest BCUT2D eigenvalue weighted by atomic mass is 16.5. The van der Waals surface area contributed by atoms with Gasteiger partial charge in [-0.15, -0.1) is 0 Å². The summed E-state index contributed by atoms with van der Waals surface area (Å²) in [7, 11) is 5.18. The van der Waals surface area contributed by atoms with Gasteiger partial charge >= 0.3 is 0 Å². The number of fused-ring (bicyclic) bond motifs is 1. The van der Waals surface area contributed by atoms with E-state index in [2.05, 4.69) is 23.6 Å². The van der Waals surface area contributed by atoms with Gasteiger partial charge in [-0.1, -0.05) is 30.3 Å². The number of ether oxygens (including phenoxy) is 2. The summed E-state index contributed by atoms with van der Waals surface area (Å²) in [6.45, 7) is 8.30. The van der Waals surface area contributed by atoms with Gasteiger partial charge in [0.25, 0.3) is 5.91 Å². The van der Waals surface area contributed by atoms with Gasteiger partial charge < -0.3 is 24.2 Å². The molecule has 0 N–H and O–H groups in total. The second-order valence-electron chi connectivity index (χ2n) is 9.75. The van der Waals surface area contributed by atoms with Crippen LogP contribution in [-0.2, 0) is 20.9 Å². The van der Waals surface area contributed by atoms with Gasteiger partial charge in [-0.2, -0.15) is 0 Å². The molecule has 37 heavy (non-hydrogen) atoms.